The lowest BCUT2D eigenvalue weighted by molar-refractivity contribution is 0.0135. The van der Waals surface area contributed by atoms with Gasteiger partial charge in [-0.05, 0) is 18.8 Å². The molecule has 0 radical (unpaired) electrons. The van der Waals surface area contributed by atoms with Gasteiger partial charge in [-0.15, -0.1) is 12.4 Å². The molecule has 0 bridgehead atoms. The van der Waals surface area contributed by atoms with Gasteiger partial charge >= 0.3 is 0 Å². The van der Waals surface area contributed by atoms with Crippen molar-refractivity contribution in [3.8, 4) is 0 Å². The van der Waals surface area contributed by atoms with Gasteiger partial charge in [-0.1, -0.05) is 38.3 Å². The molecule has 0 atom stereocenters. The van der Waals surface area contributed by atoms with Crippen molar-refractivity contribution >= 4 is 12.4 Å². The Labute approximate surface area is 139 Å². The van der Waals surface area contributed by atoms with Gasteiger partial charge in [0.2, 0.25) is 5.89 Å². The quantitative estimate of drug-likeness (QED) is 0.921. The van der Waals surface area contributed by atoms with Crippen molar-refractivity contribution in [3.05, 3.63) is 11.7 Å². The van der Waals surface area contributed by atoms with Crippen LogP contribution in [0.25, 0.3) is 0 Å². The molecule has 1 aliphatic carbocycles. The lowest BCUT2D eigenvalue weighted by Crippen LogP contribution is -2.61. The fourth-order valence-electron chi connectivity index (χ4n) is 3.80. The molecule has 1 saturated carbocycles. The number of nitrogens with zero attached hydrogens (tertiary/aromatic N) is 3. The molecule has 6 heteroatoms. The van der Waals surface area contributed by atoms with Crippen LogP contribution in [0.4, 0.5) is 0 Å². The average Bonchev–Trinajstić information content (AvgIpc) is 2.89. The summed E-state index contributed by atoms with van der Waals surface area (Å²) in [6.45, 7) is 8.44. The summed E-state index contributed by atoms with van der Waals surface area (Å²) in [4.78, 5) is 7.18. The summed E-state index contributed by atoms with van der Waals surface area (Å²) in [5, 5.41) is 7.71. The summed E-state index contributed by atoms with van der Waals surface area (Å²) in [5.74, 6) is 2.21. The molecule has 22 heavy (non-hydrogen) atoms. The number of nitrogens with one attached hydrogen (secondary N) is 1. The largest absolute Gasteiger partial charge is 0.338 e. The number of halogens is 1. The standard InChI is InChI=1S/C16H28N4O.ClH/c1-13(2)10-14-18-15(21-19-14)11-20-9-8-17-12-16(20)6-4-3-5-7-16;/h13,17H,3-12H2,1-2H3;1H. The Balaban J connectivity index is 0.00000176. The molecule has 2 aliphatic rings. The lowest BCUT2D eigenvalue weighted by atomic mass is 9.79. The second-order valence-electron chi connectivity index (χ2n) is 7.09. The monoisotopic (exact) mass is 328 g/mol. The van der Waals surface area contributed by atoms with Crippen LogP contribution >= 0.6 is 12.4 Å². The molecular weight excluding hydrogens is 300 g/mol. The van der Waals surface area contributed by atoms with Crippen LogP contribution in [0, 0.1) is 5.92 Å². The molecule has 0 amide bonds. The summed E-state index contributed by atoms with van der Waals surface area (Å²) in [6, 6.07) is 0. The highest BCUT2D eigenvalue weighted by atomic mass is 35.5. The van der Waals surface area contributed by atoms with Crippen molar-refractivity contribution in [3.63, 3.8) is 0 Å². The predicted octanol–water partition coefficient (Wildman–Crippen LogP) is 2.80. The Hall–Kier alpha value is -0.650. The zero-order chi connectivity index (χ0) is 14.7. The van der Waals surface area contributed by atoms with Gasteiger partial charge < -0.3 is 9.84 Å². The normalized spacial score (nSPS) is 22.0. The van der Waals surface area contributed by atoms with Gasteiger partial charge in [-0.2, -0.15) is 4.98 Å². The van der Waals surface area contributed by atoms with Gasteiger partial charge in [0.05, 0.1) is 6.54 Å². The van der Waals surface area contributed by atoms with E-state index < -0.39 is 0 Å². The van der Waals surface area contributed by atoms with Crippen LogP contribution in [0.3, 0.4) is 0 Å². The SMILES string of the molecule is CC(C)Cc1noc(CN2CCNCC23CCCCC3)n1.Cl. The molecule has 1 spiro atoms. The minimum Gasteiger partial charge on any atom is -0.338 e. The van der Waals surface area contributed by atoms with Crippen molar-refractivity contribution in [1.82, 2.24) is 20.4 Å². The topological polar surface area (TPSA) is 54.2 Å². The smallest absolute Gasteiger partial charge is 0.240 e. The molecule has 2 fully saturated rings. The van der Waals surface area contributed by atoms with E-state index in [4.69, 9.17) is 4.52 Å². The van der Waals surface area contributed by atoms with Crippen LogP contribution in [0.5, 0.6) is 0 Å². The fourth-order valence-corrected chi connectivity index (χ4v) is 3.80. The van der Waals surface area contributed by atoms with E-state index in [2.05, 4.69) is 34.2 Å². The highest BCUT2D eigenvalue weighted by molar-refractivity contribution is 5.85. The van der Waals surface area contributed by atoms with E-state index >= 15 is 0 Å². The van der Waals surface area contributed by atoms with E-state index in [1.807, 2.05) is 0 Å². The zero-order valence-electron chi connectivity index (χ0n) is 13.8. The predicted molar refractivity (Wildman–Crippen MR) is 89.2 cm³/mol. The third-order valence-electron chi connectivity index (χ3n) is 4.89. The van der Waals surface area contributed by atoms with Gasteiger partial charge in [0, 0.05) is 31.6 Å². The first-order valence-corrected chi connectivity index (χ1v) is 8.45. The molecule has 1 aromatic rings. The van der Waals surface area contributed by atoms with Crippen molar-refractivity contribution in [2.45, 2.75) is 64.5 Å². The second-order valence-corrected chi connectivity index (χ2v) is 7.09. The molecule has 3 rings (SSSR count). The maximum atomic E-state index is 5.48. The third-order valence-corrected chi connectivity index (χ3v) is 4.89. The first-order valence-electron chi connectivity index (χ1n) is 8.45. The molecule has 126 valence electrons. The molecule has 0 aromatic carbocycles. The van der Waals surface area contributed by atoms with Crippen LogP contribution in [-0.2, 0) is 13.0 Å². The summed E-state index contributed by atoms with van der Waals surface area (Å²) in [6.07, 6.45) is 7.58. The Morgan fingerprint density at radius 1 is 1.27 bits per heavy atom. The van der Waals surface area contributed by atoms with Crippen molar-refractivity contribution in [1.29, 1.82) is 0 Å². The molecule has 1 N–H and O–H groups in total. The number of aromatic nitrogens is 2. The molecule has 0 unspecified atom stereocenters. The second kappa shape index (κ2) is 7.75. The van der Waals surface area contributed by atoms with Crippen molar-refractivity contribution < 1.29 is 4.52 Å². The van der Waals surface area contributed by atoms with Gasteiger partial charge in [0.1, 0.15) is 0 Å². The minimum atomic E-state index is 0. The highest BCUT2D eigenvalue weighted by Gasteiger charge is 2.40. The molecule has 1 aromatic heterocycles. The van der Waals surface area contributed by atoms with Crippen LogP contribution in [0.2, 0.25) is 0 Å². The molecule has 5 nitrogen and oxygen atoms in total. The third kappa shape index (κ3) is 4.00. The Morgan fingerprint density at radius 2 is 2.05 bits per heavy atom. The summed E-state index contributed by atoms with van der Waals surface area (Å²) < 4.78 is 5.48. The van der Waals surface area contributed by atoms with E-state index in [1.54, 1.807) is 0 Å². The molecule has 2 heterocycles. The van der Waals surface area contributed by atoms with E-state index in [0.29, 0.717) is 11.5 Å². The molecule has 1 aliphatic heterocycles. The first-order chi connectivity index (χ1) is 10.2. The van der Waals surface area contributed by atoms with E-state index in [0.717, 1.165) is 44.3 Å². The number of piperazine rings is 1. The average molecular weight is 329 g/mol. The van der Waals surface area contributed by atoms with Crippen LogP contribution < -0.4 is 5.32 Å². The maximum Gasteiger partial charge on any atom is 0.240 e. The van der Waals surface area contributed by atoms with E-state index in [9.17, 15) is 0 Å². The Kier molecular flexibility index (Phi) is 6.24. The van der Waals surface area contributed by atoms with Gasteiger partial charge in [-0.3, -0.25) is 4.90 Å². The van der Waals surface area contributed by atoms with Crippen LogP contribution in [0.15, 0.2) is 4.52 Å². The van der Waals surface area contributed by atoms with Crippen molar-refractivity contribution in [2.75, 3.05) is 19.6 Å². The number of hydrogen-bond donors (Lipinski definition) is 1. The summed E-state index contributed by atoms with van der Waals surface area (Å²) >= 11 is 0. The minimum absolute atomic E-state index is 0. The van der Waals surface area contributed by atoms with Crippen LogP contribution in [-0.4, -0.2) is 40.2 Å². The van der Waals surface area contributed by atoms with Gasteiger partial charge in [-0.25, -0.2) is 0 Å². The highest BCUT2D eigenvalue weighted by Crippen LogP contribution is 2.35. The zero-order valence-corrected chi connectivity index (χ0v) is 14.6. The molecule has 1 saturated heterocycles. The Morgan fingerprint density at radius 3 is 2.77 bits per heavy atom. The Bertz CT molecular complexity index is 448. The maximum absolute atomic E-state index is 5.48. The van der Waals surface area contributed by atoms with Crippen molar-refractivity contribution in [2.24, 2.45) is 5.92 Å². The molecular formula is C16H29ClN4O. The number of hydrogen-bond acceptors (Lipinski definition) is 5. The van der Waals surface area contributed by atoms with E-state index in [1.165, 1.54) is 32.1 Å². The van der Waals surface area contributed by atoms with Gasteiger partial charge in [0.15, 0.2) is 5.82 Å². The first kappa shape index (κ1) is 17.7. The fraction of sp³-hybridized carbons (Fsp3) is 0.875. The lowest BCUT2D eigenvalue weighted by Gasteiger charge is -2.49. The number of rotatable bonds is 4. The summed E-state index contributed by atoms with van der Waals surface area (Å²) in [7, 11) is 0. The van der Waals surface area contributed by atoms with Crippen LogP contribution in [0.1, 0.15) is 57.7 Å². The van der Waals surface area contributed by atoms with E-state index in [-0.39, 0.29) is 12.4 Å². The summed E-state index contributed by atoms with van der Waals surface area (Å²) in [5.41, 5.74) is 0.323. The van der Waals surface area contributed by atoms with Gasteiger partial charge in [0.25, 0.3) is 0 Å².